The zero-order valence-electron chi connectivity index (χ0n) is 11.2. The maximum atomic E-state index is 5.50. The quantitative estimate of drug-likeness (QED) is 0.864. The van der Waals surface area contributed by atoms with Crippen LogP contribution in [0.15, 0.2) is 42.7 Å². The first-order valence-electron chi connectivity index (χ1n) is 6.19. The summed E-state index contributed by atoms with van der Waals surface area (Å²) in [4.78, 5) is 0. The summed E-state index contributed by atoms with van der Waals surface area (Å²) in [5, 5.41) is 4.13. The van der Waals surface area contributed by atoms with Gasteiger partial charge in [0, 0.05) is 18.9 Å². The second kappa shape index (κ2) is 9.60. The molecule has 94 valence electrons. The van der Waals surface area contributed by atoms with E-state index >= 15 is 0 Å². The fraction of sp³-hybridized carbons (Fsp3) is 0.357. The van der Waals surface area contributed by atoms with Crippen LogP contribution in [0.5, 0.6) is 0 Å². The standard InChI is InChI=1S/C10H11N3.2C2H6/c11-8-9-2-4-10(5-3-9)13-7-1-6-12-13;2*1-2/h1-7H,8,11H2;2*1-2H3. The summed E-state index contributed by atoms with van der Waals surface area (Å²) in [6.45, 7) is 8.58. The Morgan fingerprint density at radius 3 is 2.06 bits per heavy atom. The zero-order chi connectivity index (χ0) is 13.1. The average molecular weight is 233 g/mol. The molecule has 3 heteroatoms. The second-order valence-corrected chi connectivity index (χ2v) is 2.82. The third-order valence-corrected chi connectivity index (χ3v) is 1.94. The number of nitrogens with two attached hydrogens (primary N) is 1. The molecule has 2 aromatic rings. The monoisotopic (exact) mass is 233 g/mol. The lowest BCUT2D eigenvalue weighted by Gasteiger charge is -2.01. The first kappa shape index (κ1) is 15.4. The minimum absolute atomic E-state index is 0.583. The Morgan fingerprint density at radius 1 is 1.06 bits per heavy atom. The summed E-state index contributed by atoms with van der Waals surface area (Å²) in [5.74, 6) is 0. The van der Waals surface area contributed by atoms with Crippen molar-refractivity contribution < 1.29 is 0 Å². The maximum absolute atomic E-state index is 5.50. The molecular formula is C14H23N3. The smallest absolute Gasteiger partial charge is 0.0645 e. The van der Waals surface area contributed by atoms with Gasteiger partial charge in [-0.1, -0.05) is 39.8 Å². The van der Waals surface area contributed by atoms with Crippen LogP contribution in [0.3, 0.4) is 0 Å². The highest BCUT2D eigenvalue weighted by molar-refractivity contribution is 5.33. The van der Waals surface area contributed by atoms with Gasteiger partial charge in [0.1, 0.15) is 0 Å². The molecule has 17 heavy (non-hydrogen) atoms. The van der Waals surface area contributed by atoms with Crippen LogP contribution >= 0.6 is 0 Å². The van der Waals surface area contributed by atoms with Gasteiger partial charge >= 0.3 is 0 Å². The topological polar surface area (TPSA) is 43.8 Å². The van der Waals surface area contributed by atoms with Gasteiger partial charge in [0.2, 0.25) is 0 Å². The van der Waals surface area contributed by atoms with Gasteiger partial charge in [-0.25, -0.2) is 4.68 Å². The van der Waals surface area contributed by atoms with Crippen LogP contribution in [0.1, 0.15) is 33.3 Å². The van der Waals surface area contributed by atoms with Crippen molar-refractivity contribution in [3.63, 3.8) is 0 Å². The van der Waals surface area contributed by atoms with E-state index in [1.807, 2.05) is 68.9 Å². The molecule has 0 unspecified atom stereocenters. The molecule has 0 amide bonds. The molecular weight excluding hydrogens is 210 g/mol. The molecule has 0 radical (unpaired) electrons. The van der Waals surface area contributed by atoms with Gasteiger partial charge in [0.25, 0.3) is 0 Å². The zero-order valence-corrected chi connectivity index (χ0v) is 11.2. The third-order valence-electron chi connectivity index (χ3n) is 1.94. The predicted octanol–water partition coefficient (Wildman–Crippen LogP) is 3.38. The molecule has 0 spiro atoms. The molecule has 0 bridgehead atoms. The van der Waals surface area contributed by atoms with Crippen LogP contribution in [-0.2, 0) is 6.54 Å². The van der Waals surface area contributed by atoms with Crippen LogP contribution in [-0.4, -0.2) is 9.78 Å². The van der Waals surface area contributed by atoms with E-state index < -0.39 is 0 Å². The van der Waals surface area contributed by atoms with Crippen molar-refractivity contribution in [1.82, 2.24) is 9.78 Å². The predicted molar refractivity (Wildman–Crippen MR) is 74.2 cm³/mol. The van der Waals surface area contributed by atoms with E-state index in [1.165, 1.54) is 0 Å². The maximum Gasteiger partial charge on any atom is 0.0645 e. The van der Waals surface area contributed by atoms with Crippen molar-refractivity contribution in [2.45, 2.75) is 34.2 Å². The molecule has 0 atom stereocenters. The van der Waals surface area contributed by atoms with E-state index in [1.54, 1.807) is 6.20 Å². The van der Waals surface area contributed by atoms with Gasteiger partial charge in [-0.15, -0.1) is 0 Å². The van der Waals surface area contributed by atoms with Crippen molar-refractivity contribution in [1.29, 1.82) is 0 Å². The van der Waals surface area contributed by atoms with Crippen molar-refractivity contribution in [3.05, 3.63) is 48.3 Å². The van der Waals surface area contributed by atoms with Gasteiger partial charge in [0.05, 0.1) is 5.69 Å². The number of aromatic nitrogens is 2. The SMILES string of the molecule is CC.CC.NCc1ccc(-n2cccn2)cc1. The Kier molecular flexibility index (Phi) is 8.69. The minimum atomic E-state index is 0.583. The summed E-state index contributed by atoms with van der Waals surface area (Å²) in [6.07, 6.45) is 3.67. The third kappa shape index (κ3) is 4.83. The molecule has 0 aliphatic rings. The number of nitrogens with zero attached hydrogens (tertiary/aromatic N) is 2. The molecule has 0 fully saturated rings. The molecule has 1 aromatic heterocycles. The van der Waals surface area contributed by atoms with E-state index in [9.17, 15) is 0 Å². The average Bonchev–Trinajstić information content (AvgIpc) is 2.97. The highest BCUT2D eigenvalue weighted by Crippen LogP contribution is 2.07. The van der Waals surface area contributed by atoms with Crippen molar-refractivity contribution in [3.8, 4) is 5.69 Å². The summed E-state index contributed by atoms with van der Waals surface area (Å²) in [7, 11) is 0. The van der Waals surface area contributed by atoms with Gasteiger partial charge in [-0.2, -0.15) is 5.10 Å². The molecule has 1 heterocycles. The van der Waals surface area contributed by atoms with E-state index in [0.717, 1.165) is 11.3 Å². The Bertz CT molecular complexity index is 363. The molecule has 1 aromatic carbocycles. The largest absolute Gasteiger partial charge is 0.326 e. The molecule has 2 rings (SSSR count). The van der Waals surface area contributed by atoms with Crippen molar-refractivity contribution >= 4 is 0 Å². The van der Waals surface area contributed by atoms with E-state index in [2.05, 4.69) is 5.10 Å². The van der Waals surface area contributed by atoms with Crippen molar-refractivity contribution in [2.24, 2.45) is 5.73 Å². The second-order valence-electron chi connectivity index (χ2n) is 2.82. The molecule has 0 saturated carbocycles. The minimum Gasteiger partial charge on any atom is -0.326 e. The van der Waals surface area contributed by atoms with Crippen molar-refractivity contribution in [2.75, 3.05) is 0 Å². The van der Waals surface area contributed by atoms with E-state index in [0.29, 0.717) is 6.54 Å². The summed E-state index contributed by atoms with van der Waals surface area (Å²) in [5.41, 5.74) is 7.69. The van der Waals surface area contributed by atoms with Gasteiger partial charge in [0.15, 0.2) is 0 Å². The lowest BCUT2D eigenvalue weighted by atomic mass is 10.2. The van der Waals surface area contributed by atoms with Crippen LogP contribution in [0.2, 0.25) is 0 Å². The Morgan fingerprint density at radius 2 is 1.65 bits per heavy atom. The van der Waals surface area contributed by atoms with E-state index in [-0.39, 0.29) is 0 Å². The van der Waals surface area contributed by atoms with Gasteiger partial charge < -0.3 is 5.73 Å². The number of hydrogen-bond donors (Lipinski definition) is 1. The Hall–Kier alpha value is -1.61. The number of hydrogen-bond acceptors (Lipinski definition) is 2. The van der Waals surface area contributed by atoms with E-state index in [4.69, 9.17) is 5.73 Å². The summed E-state index contributed by atoms with van der Waals surface area (Å²) >= 11 is 0. The molecule has 3 nitrogen and oxygen atoms in total. The fourth-order valence-corrected chi connectivity index (χ4v) is 1.21. The number of benzene rings is 1. The van der Waals surface area contributed by atoms with Crippen LogP contribution < -0.4 is 5.73 Å². The highest BCUT2D eigenvalue weighted by atomic mass is 15.3. The Balaban J connectivity index is 0.000000581. The fourth-order valence-electron chi connectivity index (χ4n) is 1.21. The van der Waals surface area contributed by atoms with Crippen LogP contribution in [0.4, 0.5) is 0 Å². The lowest BCUT2D eigenvalue weighted by Crippen LogP contribution is -1.98. The van der Waals surface area contributed by atoms with Gasteiger partial charge in [-0.05, 0) is 23.8 Å². The lowest BCUT2D eigenvalue weighted by molar-refractivity contribution is 0.878. The molecule has 2 N–H and O–H groups in total. The molecule has 0 saturated heterocycles. The summed E-state index contributed by atoms with van der Waals surface area (Å²) in [6, 6.07) is 9.94. The first-order valence-corrected chi connectivity index (χ1v) is 6.19. The summed E-state index contributed by atoms with van der Waals surface area (Å²) < 4.78 is 1.82. The van der Waals surface area contributed by atoms with Crippen LogP contribution in [0.25, 0.3) is 5.69 Å². The molecule has 0 aliphatic heterocycles. The highest BCUT2D eigenvalue weighted by Gasteiger charge is 1.94. The van der Waals surface area contributed by atoms with Gasteiger partial charge in [-0.3, -0.25) is 0 Å². The number of rotatable bonds is 2. The Labute approximate surface area is 104 Å². The molecule has 0 aliphatic carbocycles. The first-order chi connectivity index (χ1) is 8.40. The normalized spacial score (nSPS) is 8.53. The van der Waals surface area contributed by atoms with Crippen LogP contribution in [0, 0.1) is 0 Å².